The first kappa shape index (κ1) is 22.6. The predicted octanol–water partition coefficient (Wildman–Crippen LogP) is 3.01. The van der Waals surface area contributed by atoms with Crippen LogP contribution in [0.3, 0.4) is 0 Å². The average molecular weight is 474 g/mol. The summed E-state index contributed by atoms with van der Waals surface area (Å²) in [4.78, 5) is 41.5. The summed E-state index contributed by atoms with van der Waals surface area (Å²) in [5.41, 5.74) is 9.75. The molecule has 9 nitrogen and oxygen atoms in total. The number of carbonyl (C=O) groups excluding carboxylic acids is 3. The van der Waals surface area contributed by atoms with Crippen molar-refractivity contribution in [3.05, 3.63) is 65.0 Å². The van der Waals surface area contributed by atoms with E-state index in [0.717, 1.165) is 23.4 Å². The lowest BCUT2D eigenvalue weighted by Crippen LogP contribution is -2.39. The Morgan fingerprint density at radius 2 is 1.77 bits per heavy atom. The normalized spacial score (nSPS) is 15.5. The second-order valence-corrected chi connectivity index (χ2v) is 8.71. The Morgan fingerprint density at radius 3 is 2.40 bits per heavy atom. The predicted molar refractivity (Wildman–Crippen MR) is 131 cm³/mol. The number of aromatic nitrogens is 2. The third kappa shape index (κ3) is 3.92. The van der Waals surface area contributed by atoms with Crippen molar-refractivity contribution < 1.29 is 19.1 Å². The van der Waals surface area contributed by atoms with Crippen LogP contribution < -0.4 is 20.3 Å². The molecule has 0 radical (unpaired) electrons. The number of rotatable bonds is 6. The molecule has 5 rings (SSSR count). The molecular weight excluding hydrogens is 446 g/mol. The second-order valence-electron chi connectivity index (χ2n) is 8.71. The van der Waals surface area contributed by atoms with Gasteiger partial charge in [0, 0.05) is 36.4 Å². The van der Waals surface area contributed by atoms with Crippen molar-refractivity contribution in [2.75, 3.05) is 29.5 Å². The number of anilines is 2. The number of aryl methyl sites for hydroxylation is 1. The quantitative estimate of drug-likeness (QED) is 0.592. The van der Waals surface area contributed by atoms with Crippen LogP contribution in [0.4, 0.5) is 11.4 Å². The molecule has 0 atom stereocenters. The lowest BCUT2D eigenvalue weighted by Gasteiger charge is -2.29. The molecule has 3 aromatic rings. The highest BCUT2D eigenvalue weighted by Gasteiger charge is 2.35. The maximum Gasteiger partial charge on any atom is 0.277 e. The molecular formula is C26H27N5O4. The Balaban J connectivity index is 1.52. The van der Waals surface area contributed by atoms with Gasteiger partial charge in [-0.25, -0.2) is 4.68 Å². The first-order chi connectivity index (χ1) is 16.9. The summed E-state index contributed by atoms with van der Waals surface area (Å²) in [6.07, 6.45) is 1.86. The zero-order valence-corrected chi connectivity index (χ0v) is 19.8. The topological polar surface area (TPSA) is 111 Å². The van der Waals surface area contributed by atoms with Crippen molar-refractivity contribution in [2.45, 2.75) is 33.1 Å². The third-order valence-electron chi connectivity index (χ3n) is 6.50. The lowest BCUT2D eigenvalue weighted by molar-refractivity contribution is -0.117. The number of benzene rings is 2. The standard InChI is InChI=1S/C26H27N5O4/c1-3-35-19-9-6-17(7-10-19)31-24-20(23(28-31)25(27)33)12-14-29(26(24)34)18-8-11-21(16(2)15-18)30-13-4-5-22(30)32/h6-11,15H,3-5,12-14H2,1-2H3,(H2,27,33). The van der Waals surface area contributed by atoms with Crippen LogP contribution in [0.1, 0.15) is 51.9 Å². The van der Waals surface area contributed by atoms with Gasteiger partial charge in [-0.15, -0.1) is 0 Å². The molecule has 0 spiro atoms. The molecule has 9 heteroatoms. The Labute approximate surface area is 203 Å². The highest BCUT2D eigenvalue weighted by Crippen LogP contribution is 2.33. The van der Waals surface area contributed by atoms with Crippen LogP contribution in [0.5, 0.6) is 5.75 Å². The molecule has 0 saturated carbocycles. The second kappa shape index (κ2) is 8.90. The van der Waals surface area contributed by atoms with Gasteiger partial charge in [0.05, 0.1) is 12.3 Å². The minimum atomic E-state index is -0.664. The van der Waals surface area contributed by atoms with Gasteiger partial charge in [-0.2, -0.15) is 5.10 Å². The van der Waals surface area contributed by atoms with Gasteiger partial charge < -0.3 is 20.3 Å². The van der Waals surface area contributed by atoms with Crippen molar-refractivity contribution >= 4 is 29.1 Å². The number of nitrogens with zero attached hydrogens (tertiary/aromatic N) is 4. The molecule has 2 aromatic carbocycles. The minimum Gasteiger partial charge on any atom is -0.494 e. The Hall–Kier alpha value is -4.14. The van der Waals surface area contributed by atoms with Gasteiger partial charge in [-0.1, -0.05) is 0 Å². The number of primary amides is 1. The van der Waals surface area contributed by atoms with Crippen molar-refractivity contribution in [1.29, 1.82) is 0 Å². The zero-order chi connectivity index (χ0) is 24.7. The molecule has 0 bridgehead atoms. The van der Waals surface area contributed by atoms with Crippen LogP contribution >= 0.6 is 0 Å². The maximum absolute atomic E-state index is 13.7. The number of amides is 3. The first-order valence-corrected chi connectivity index (χ1v) is 11.8. The minimum absolute atomic E-state index is 0.112. The Kier molecular flexibility index (Phi) is 5.76. The molecule has 2 N–H and O–H groups in total. The van der Waals surface area contributed by atoms with E-state index in [1.165, 1.54) is 4.68 Å². The van der Waals surface area contributed by atoms with E-state index in [1.807, 2.05) is 32.0 Å². The number of hydrogen-bond acceptors (Lipinski definition) is 5. The fraction of sp³-hybridized carbons (Fsp3) is 0.308. The van der Waals surface area contributed by atoms with Crippen molar-refractivity contribution in [1.82, 2.24) is 9.78 Å². The molecule has 3 heterocycles. The van der Waals surface area contributed by atoms with E-state index < -0.39 is 5.91 Å². The van der Waals surface area contributed by atoms with Crippen LogP contribution in [0, 0.1) is 6.92 Å². The summed E-state index contributed by atoms with van der Waals surface area (Å²) in [7, 11) is 0. The molecule has 1 fully saturated rings. The summed E-state index contributed by atoms with van der Waals surface area (Å²) >= 11 is 0. The van der Waals surface area contributed by atoms with Gasteiger partial charge in [0.15, 0.2) is 5.69 Å². The number of ether oxygens (including phenoxy) is 1. The number of fused-ring (bicyclic) bond motifs is 1. The monoisotopic (exact) mass is 473 g/mol. The van der Waals surface area contributed by atoms with E-state index in [1.54, 1.807) is 34.1 Å². The molecule has 0 unspecified atom stereocenters. The molecule has 2 aliphatic rings. The first-order valence-electron chi connectivity index (χ1n) is 11.8. The largest absolute Gasteiger partial charge is 0.494 e. The van der Waals surface area contributed by atoms with Crippen LogP contribution in [0.25, 0.3) is 5.69 Å². The lowest BCUT2D eigenvalue weighted by atomic mass is 10.0. The van der Waals surface area contributed by atoms with Crippen LogP contribution in [0.15, 0.2) is 42.5 Å². The fourth-order valence-electron chi connectivity index (χ4n) is 4.85. The zero-order valence-electron chi connectivity index (χ0n) is 19.8. The number of carbonyl (C=O) groups is 3. The third-order valence-corrected chi connectivity index (χ3v) is 6.50. The SMILES string of the molecule is CCOc1ccc(-n2nc(C(N)=O)c3c2C(=O)N(c2ccc(N4CCCC4=O)c(C)c2)CC3)cc1. The molecule has 0 aliphatic carbocycles. The van der Waals surface area contributed by atoms with E-state index in [0.29, 0.717) is 55.2 Å². The Bertz CT molecular complexity index is 1330. The van der Waals surface area contributed by atoms with Gasteiger partial charge in [-0.05, 0) is 74.7 Å². The van der Waals surface area contributed by atoms with E-state index >= 15 is 0 Å². The summed E-state index contributed by atoms with van der Waals surface area (Å²) in [6.45, 7) is 5.49. The van der Waals surface area contributed by atoms with E-state index in [4.69, 9.17) is 10.5 Å². The van der Waals surface area contributed by atoms with Gasteiger partial charge >= 0.3 is 0 Å². The molecule has 180 valence electrons. The molecule has 1 aromatic heterocycles. The highest BCUT2D eigenvalue weighted by atomic mass is 16.5. The summed E-state index contributed by atoms with van der Waals surface area (Å²) < 4.78 is 7.00. The van der Waals surface area contributed by atoms with Gasteiger partial charge in [0.2, 0.25) is 5.91 Å². The summed E-state index contributed by atoms with van der Waals surface area (Å²) in [5.74, 6) is -0.0997. The van der Waals surface area contributed by atoms with E-state index in [2.05, 4.69) is 5.10 Å². The van der Waals surface area contributed by atoms with E-state index in [-0.39, 0.29) is 17.5 Å². The Morgan fingerprint density at radius 1 is 1.03 bits per heavy atom. The van der Waals surface area contributed by atoms with Crippen LogP contribution in [-0.4, -0.2) is 47.2 Å². The number of nitrogens with two attached hydrogens (primary N) is 1. The molecule has 1 saturated heterocycles. The van der Waals surface area contributed by atoms with Gasteiger partial charge in [0.25, 0.3) is 11.8 Å². The molecule has 3 amide bonds. The van der Waals surface area contributed by atoms with Crippen molar-refractivity contribution in [3.63, 3.8) is 0 Å². The fourth-order valence-corrected chi connectivity index (χ4v) is 4.85. The van der Waals surface area contributed by atoms with Gasteiger partial charge in [-0.3, -0.25) is 14.4 Å². The summed E-state index contributed by atoms with van der Waals surface area (Å²) in [5, 5.41) is 4.42. The van der Waals surface area contributed by atoms with E-state index in [9.17, 15) is 14.4 Å². The van der Waals surface area contributed by atoms with Gasteiger partial charge in [0.1, 0.15) is 11.4 Å². The molecule has 35 heavy (non-hydrogen) atoms. The van der Waals surface area contributed by atoms with Crippen molar-refractivity contribution in [3.8, 4) is 11.4 Å². The number of hydrogen-bond donors (Lipinski definition) is 1. The van der Waals surface area contributed by atoms with Crippen LogP contribution in [0.2, 0.25) is 0 Å². The smallest absolute Gasteiger partial charge is 0.277 e. The maximum atomic E-state index is 13.7. The highest BCUT2D eigenvalue weighted by molar-refractivity contribution is 6.09. The van der Waals surface area contributed by atoms with Crippen molar-refractivity contribution in [2.24, 2.45) is 5.73 Å². The van der Waals surface area contributed by atoms with Crippen LogP contribution in [-0.2, 0) is 11.2 Å². The average Bonchev–Trinajstić information content (AvgIpc) is 3.44. The summed E-state index contributed by atoms with van der Waals surface area (Å²) in [6, 6.07) is 12.9. The molecule has 2 aliphatic heterocycles.